The number of rotatable bonds is 4. The summed E-state index contributed by atoms with van der Waals surface area (Å²) in [6.45, 7) is 10.3. The number of pyridine rings is 1. The van der Waals surface area contributed by atoms with Gasteiger partial charge in [0.25, 0.3) is 5.91 Å². The summed E-state index contributed by atoms with van der Waals surface area (Å²) in [4.78, 5) is 33.5. The van der Waals surface area contributed by atoms with Crippen LogP contribution < -0.4 is 14.1 Å². The quantitative estimate of drug-likeness (QED) is 0.376. The summed E-state index contributed by atoms with van der Waals surface area (Å²) in [6.07, 6.45) is -3.94. The third-order valence-corrected chi connectivity index (χ3v) is 6.45. The Balaban J connectivity index is 1.71. The number of carbonyl (C=O) groups is 2. The van der Waals surface area contributed by atoms with Crippen molar-refractivity contribution < 1.29 is 32.2 Å². The number of hydrogen-bond donors (Lipinski definition) is 0. The van der Waals surface area contributed by atoms with Crippen LogP contribution in [0.15, 0.2) is 41.0 Å². The molecule has 13 heteroatoms. The number of halogens is 5. The Morgan fingerprint density at radius 2 is 1.78 bits per heavy atom. The van der Waals surface area contributed by atoms with Crippen molar-refractivity contribution in [3.8, 4) is 5.75 Å². The Labute approximate surface area is 226 Å². The van der Waals surface area contributed by atoms with Crippen LogP contribution in [-0.2, 0) is 4.74 Å². The highest BCUT2D eigenvalue weighted by atomic mass is 79.9. The second kappa shape index (κ2) is 10.9. The predicted molar refractivity (Wildman–Crippen MR) is 137 cm³/mol. The fraction of sp³-hybridized carbons (Fsp3) is 0.458. The smallest absolute Gasteiger partial charge is 0.444 e. The number of carbonyl (C=O) groups excluding carboxylic acids is 2. The minimum Gasteiger partial charge on any atom is -0.444 e. The molecule has 0 radical (unpaired) electrons. The van der Waals surface area contributed by atoms with E-state index in [1.165, 1.54) is 24.4 Å². The monoisotopic (exact) mass is 606 g/mol. The molecule has 0 saturated carbocycles. The Morgan fingerprint density at radius 1 is 1.11 bits per heavy atom. The lowest BCUT2D eigenvalue weighted by Gasteiger charge is -2.44. The number of nitrogens with zero attached hydrogens (tertiary/aromatic N) is 4. The predicted octanol–water partition coefficient (Wildman–Crippen LogP) is 6.38. The van der Waals surface area contributed by atoms with Gasteiger partial charge in [-0.1, -0.05) is 0 Å². The average molecular weight is 608 g/mol. The lowest BCUT2D eigenvalue weighted by Crippen LogP contribution is -2.59. The molecule has 2 aromatic rings. The number of benzene rings is 1. The summed E-state index contributed by atoms with van der Waals surface area (Å²) in [7, 11) is 0. The molecule has 1 aromatic heterocycles. The van der Waals surface area contributed by atoms with E-state index < -0.39 is 23.6 Å². The molecule has 1 aliphatic rings. The lowest BCUT2D eigenvalue weighted by molar-refractivity contribution is -0.274. The van der Waals surface area contributed by atoms with Crippen molar-refractivity contribution in [2.75, 3.05) is 22.4 Å². The highest BCUT2D eigenvalue weighted by Crippen LogP contribution is 2.35. The van der Waals surface area contributed by atoms with Crippen LogP contribution in [0, 0.1) is 0 Å². The van der Waals surface area contributed by atoms with Gasteiger partial charge in [-0.2, -0.15) is 0 Å². The number of hydrogen-bond acceptors (Lipinski definition) is 6. The number of alkyl halides is 3. The van der Waals surface area contributed by atoms with Gasteiger partial charge in [0.15, 0.2) is 0 Å². The van der Waals surface area contributed by atoms with Crippen LogP contribution in [-0.4, -0.2) is 59.0 Å². The molecule has 1 saturated heterocycles. The minimum absolute atomic E-state index is 0.0149. The van der Waals surface area contributed by atoms with Gasteiger partial charge in [0.05, 0.1) is 15.7 Å². The van der Waals surface area contributed by atoms with Crippen molar-refractivity contribution in [2.24, 2.45) is 0 Å². The molecule has 2 atom stereocenters. The molecule has 3 rings (SSSR count). The molecule has 2 amide bonds. The topological polar surface area (TPSA) is 75.2 Å². The molecule has 1 fully saturated rings. The molecule has 0 bridgehead atoms. The van der Waals surface area contributed by atoms with E-state index in [-0.39, 0.29) is 33.9 Å². The van der Waals surface area contributed by atoms with Crippen molar-refractivity contribution in [3.05, 3.63) is 46.6 Å². The molecule has 1 aromatic carbocycles. The summed E-state index contributed by atoms with van der Waals surface area (Å²) in [5.74, 6) is -0.618. The van der Waals surface area contributed by atoms with Gasteiger partial charge in [-0.05, 0) is 74.8 Å². The van der Waals surface area contributed by atoms with Crippen molar-refractivity contribution >= 4 is 51.2 Å². The van der Waals surface area contributed by atoms with Crippen LogP contribution >= 0.6 is 27.7 Å². The molecular weight excluding hydrogens is 581 g/mol. The van der Waals surface area contributed by atoms with Crippen LogP contribution in [0.1, 0.15) is 45.0 Å². The zero-order valence-corrected chi connectivity index (χ0v) is 23.2. The average Bonchev–Trinajstić information content (AvgIpc) is 2.79. The van der Waals surface area contributed by atoms with E-state index in [0.29, 0.717) is 23.3 Å². The van der Waals surface area contributed by atoms with E-state index in [1.54, 1.807) is 11.0 Å². The van der Waals surface area contributed by atoms with Crippen LogP contribution in [0.2, 0.25) is 0 Å². The fourth-order valence-corrected chi connectivity index (χ4v) is 4.28. The highest BCUT2D eigenvalue weighted by molar-refractivity contribution is 9.10. The SMILES string of the molecule is C[C@@H]1CN(C(=O)OC(C)(C)C)[C@@H](C)CN1c1ccc(C(=O)N(Cl)c2ccc(Br)c(OC(F)(F)F)c2)cn1. The number of anilines is 2. The summed E-state index contributed by atoms with van der Waals surface area (Å²) < 4.78 is 48.2. The lowest BCUT2D eigenvalue weighted by atomic mass is 10.1. The Bertz CT molecular complexity index is 1140. The van der Waals surface area contributed by atoms with E-state index in [0.717, 1.165) is 6.07 Å². The summed E-state index contributed by atoms with van der Waals surface area (Å²) in [6, 6.07) is 6.63. The van der Waals surface area contributed by atoms with E-state index >= 15 is 0 Å². The van der Waals surface area contributed by atoms with Gasteiger partial charge in [0.1, 0.15) is 17.2 Å². The Kier molecular flexibility index (Phi) is 8.53. The first-order chi connectivity index (χ1) is 17.1. The largest absolute Gasteiger partial charge is 0.573 e. The van der Waals surface area contributed by atoms with Crippen molar-refractivity contribution in [2.45, 2.75) is 58.7 Å². The maximum Gasteiger partial charge on any atom is 0.573 e. The first kappa shape index (κ1) is 28.8. The Hall–Kier alpha value is -2.73. The van der Waals surface area contributed by atoms with Gasteiger partial charge < -0.3 is 19.3 Å². The van der Waals surface area contributed by atoms with Crippen molar-refractivity contribution in [1.29, 1.82) is 0 Å². The van der Waals surface area contributed by atoms with E-state index in [9.17, 15) is 22.8 Å². The third kappa shape index (κ3) is 7.41. The fourth-order valence-electron chi connectivity index (χ4n) is 3.75. The molecule has 37 heavy (non-hydrogen) atoms. The number of aromatic nitrogens is 1. The summed E-state index contributed by atoms with van der Waals surface area (Å²) in [5.41, 5.74) is -0.479. The molecule has 202 valence electrons. The zero-order valence-electron chi connectivity index (χ0n) is 20.8. The number of ether oxygens (including phenoxy) is 2. The zero-order chi connectivity index (χ0) is 27.7. The molecule has 2 heterocycles. The van der Waals surface area contributed by atoms with E-state index in [4.69, 9.17) is 16.5 Å². The van der Waals surface area contributed by atoms with Crippen molar-refractivity contribution in [3.63, 3.8) is 0 Å². The van der Waals surface area contributed by atoms with E-state index in [2.05, 4.69) is 25.7 Å². The molecule has 0 unspecified atom stereocenters. The Morgan fingerprint density at radius 3 is 2.35 bits per heavy atom. The number of piperazine rings is 1. The third-order valence-electron chi connectivity index (χ3n) is 5.45. The summed E-state index contributed by atoms with van der Waals surface area (Å²) >= 11 is 9.13. The highest BCUT2D eigenvalue weighted by Gasteiger charge is 2.35. The van der Waals surface area contributed by atoms with Crippen LogP contribution in [0.4, 0.5) is 29.5 Å². The molecule has 0 spiro atoms. The second-order valence-electron chi connectivity index (χ2n) is 9.64. The molecule has 0 aliphatic carbocycles. The molecule has 0 N–H and O–H groups in total. The van der Waals surface area contributed by atoms with Crippen LogP contribution in [0.25, 0.3) is 0 Å². The molecular formula is C24H27BrClF3N4O4. The van der Waals surface area contributed by atoms with Gasteiger partial charge in [-0.3, -0.25) is 4.79 Å². The normalized spacial score (nSPS) is 18.4. The van der Waals surface area contributed by atoms with Gasteiger partial charge in [-0.25, -0.2) is 14.2 Å². The molecule has 1 aliphatic heterocycles. The first-order valence-corrected chi connectivity index (χ1v) is 12.5. The minimum atomic E-state index is -4.91. The van der Waals surface area contributed by atoms with E-state index in [1.807, 2.05) is 39.5 Å². The number of amides is 2. The maximum absolute atomic E-state index is 12.9. The van der Waals surface area contributed by atoms with Crippen LogP contribution in [0.5, 0.6) is 5.75 Å². The van der Waals surface area contributed by atoms with Crippen molar-refractivity contribution in [1.82, 2.24) is 9.88 Å². The van der Waals surface area contributed by atoms with Gasteiger partial charge in [-0.15, -0.1) is 13.2 Å². The summed E-state index contributed by atoms with van der Waals surface area (Å²) in [5, 5.41) is 0. The maximum atomic E-state index is 12.9. The standard InChI is InChI=1S/C24H27BrClF3N4O4/c1-14-13-32(22(35)37-23(3,4)5)15(2)12-31(14)20-9-6-16(11-30-20)21(34)33(26)17-7-8-18(25)19(10-17)36-24(27,28)29/h6-11,14-15H,12-13H2,1-5H3/t14-,15+/m1/s1. The van der Waals surface area contributed by atoms with Crippen LogP contribution in [0.3, 0.4) is 0 Å². The molecule has 8 nitrogen and oxygen atoms in total. The second-order valence-corrected chi connectivity index (χ2v) is 10.8. The van der Waals surface area contributed by atoms with Gasteiger partial charge >= 0.3 is 12.5 Å². The van der Waals surface area contributed by atoms with Gasteiger partial charge in [0.2, 0.25) is 0 Å². The first-order valence-electron chi connectivity index (χ1n) is 11.3. The van der Waals surface area contributed by atoms with Gasteiger partial charge in [0, 0.05) is 49.2 Å².